The SMILES string of the molecule is CNC(C(=O)N1CCC(NC(=O)Nc2ccc(F)cc2)CC1)c1cnn(C)c1.Cl. The van der Waals surface area contributed by atoms with Crippen LogP contribution in [0.25, 0.3) is 0 Å². The highest BCUT2D eigenvalue weighted by Gasteiger charge is 2.29. The van der Waals surface area contributed by atoms with E-state index >= 15 is 0 Å². The highest BCUT2D eigenvalue weighted by atomic mass is 35.5. The van der Waals surface area contributed by atoms with E-state index in [0.717, 1.165) is 5.56 Å². The molecule has 1 atom stereocenters. The number of nitrogens with one attached hydrogen (secondary N) is 3. The molecule has 0 radical (unpaired) electrons. The van der Waals surface area contributed by atoms with Crippen LogP contribution >= 0.6 is 12.4 Å². The number of rotatable bonds is 5. The Morgan fingerprint density at radius 3 is 2.41 bits per heavy atom. The summed E-state index contributed by atoms with van der Waals surface area (Å²) in [4.78, 5) is 26.7. The van der Waals surface area contributed by atoms with Crippen LogP contribution in [-0.2, 0) is 11.8 Å². The molecule has 158 valence electrons. The lowest BCUT2D eigenvalue weighted by Crippen LogP contribution is -2.49. The quantitative estimate of drug-likeness (QED) is 0.685. The number of aryl methyl sites for hydroxylation is 1. The van der Waals surface area contributed by atoms with Crippen LogP contribution in [0.15, 0.2) is 36.7 Å². The molecular weight excluding hydrogens is 399 g/mol. The van der Waals surface area contributed by atoms with Crippen molar-refractivity contribution in [2.75, 3.05) is 25.5 Å². The van der Waals surface area contributed by atoms with Crippen LogP contribution in [0.3, 0.4) is 0 Å². The fraction of sp³-hybridized carbons (Fsp3) is 0.421. The van der Waals surface area contributed by atoms with E-state index in [4.69, 9.17) is 0 Å². The number of anilines is 1. The van der Waals surface area contributed by atoms with Crippen molar-refractivity contribution in [3.63, 3.8) is 0 Å². The van der Waals surface area contributed by atoms with Crippen molar-refractivity contribution in [1.82, 2.24) is 25.3 Å². The summed E-state index contributed by atoms with van der Waals surface area (Å²) in [7, 11) is 3.57. The number of hydrogen-bond acceptors (Lipinski definition) is 4. The number of benzene rings is 1. The smallest absolute Gasteiger partial charge is 0.319 e. The maximum absolute atomic E-state index is 12.9. The highest BCUT2D eigenvalue weighted by Crippen LogP contribution is 2.19. The summed E-state index contributed by atoms with van der Waals surface area (Å²) in [6.45, 7) is 1.14. The molecule has 3 rings (SSSR count). The Balaban J connectivity index is 0.00000300. The fourth-order valence-corrected chi connectivity index (χ4v) is 3.33. The maximum atomic E-state index is 12.9. The van der Waals surface area contributed by atoms with Crippen LogP contribution in [0.2, 0.25) is 0 Å². The minimum absolute atomic E-state index is 0. The minimum Gasteiger partial charge on any atom is -0.341 e. The summed E-state index contributed by atoms with van der Waals surface area (Å²) in [5, 5.41) is 12.8. The number of likely N-dealkylation sites (tertiary alicyclic amines) is 1. The number of halogens is 2. The van der Waals surface area contributed by atoms with Crippen LogP contribution in [0.5, 0.6) is 0 Å². The molecule has 1 saturated heterocycles. The number of amides is 3. The third kappa shape index (κ3) is 5.91. The van der Waals surface area contributed by atoms with Crippen LogP contribution in [-0.4, -0.2) is 52.8 Å². The second-order valence-electron chi connectivity index (χ2n) is 6.87. The predicted molar refractivity (Wildman–Crippen MR) is 110 cm³/mol. The summed E-state index contributed by atoms with van der Waals surface area (Å²) in [6, 6.07) is 4.81. The lowest BCUT2D eigenvalue weighted by atomic mass is 10.0. The molecule has 1 aromatic carbocycles. The Kier molecular flexibility index (Phi) is 7.98. The molecule has 0 saturated carbocycles. The second kappa shape index (κ2) is 10.2. The normalized spacial score (nSPS) is 15.3. The summed E-state index contributed by atoms with van der Waals surface area (Å²) >= 11 is 0. The zero-order valence-electron chi connectivity index (χ0n) is 16.4. The third-order valence-electron chi connectivity index (χ3n) is 4.84. The molecule has 3 N–H and O–H groups in total. The van der Waals surface area contributed by atoms with Crippen molar-refractivity contribution in [2.45, 2.75) is 24.9 Å². The molecule has 0 aliphatic carbocycles. The molecule has 1 unspecified atom stereocenters. The number of urea groups is 1. The van der Waals surface area contributed by atoms with Gasteiger partial charge in [-0.1, -0.05) is 0 Å². The Morgan fingerprint density at radius 1 is 1.21 bits per heavy atom. The zero-order valence-corrected chi connectivity index (χ0v) is 17.2. The number of carbonyl (C=O) groups excluding carboxylic acids is 2. The van der Waals surface area contributed by atoms with Crippen molar-refractivity contribution in [1.29, 1.82) is 0 Å². The van der Waals surface area contributed by atoms with Gasteiger partial charge >= 0.3 is 6.03 Å². The van der Waals surface area contributed by atoms with Crippen LogP contribution in [0.1, 0.15) is 24.4 Å². The highest BCUT2D eigenvalue weighted by molar-refractivity contribution is 5.89. The van der Waals surface area contributed by atoms with Gasteiger partial charge in [0.1, 0.15) is 11.9 Å². The van der Waals surface area contributed by atoms with Gasteiger partial charge in [0, 0.05) is 43.6 Å². The first-order valence-corrected chi connectivity index (χ1v) is 9.24. The molecule has 1 aliphatic rings. The largest absolute Gasteiger partial charge is 0.341 e. The Bertz CT molecular complexity index is 820. The Morgan fingerprint density at radius 2 is 1.86 bits per heavy atom. The molecular formula is C19H26ClFN6O2. The van der Waals surface area contributed by atoms with Gasteiger partial charge < -0.3 is 20.9 Å². The number of carbonyl (C=O) groups is 2. The van der Waals surface area contributed by atoms with Gasteiger partial charge in [-0.25, -0.2) is 9.18 Å². The number of hydrogen-bond donors (Lipinski definition) is 3. The molecule has 8 nitrogen and oxygen atoms in total. The lowest BCUT2D eigenvalue weighted by Gasteiger charge is -2.34. The second-order valence-corrected chi connectivity index (χ2v) is 6.87. The molecule has 0 spiro atoms. The molecule has 2 aromatic rings. The van der Waals surface area contributed by atoms with Gasteiger partial charge in [-0.2, -0.15) is 5.10 Å². The first kappa shape index (κ1) is 22.6. The first-order chi connectivity index (χ1) is 13.5. The number of aromatic nitrogens is 2. The standard InChI is InChI=1S/C19H25FN6O2.ClH/c1-21-17(13-11-22-25(2)12-13)18(27)26-9-7-16(8-10-26)24-19(28)23-15-5-3-14(20)4-6-15;/h3-6,11-12,16-17,21H,7-10H2,1-2H3,(H2,23,24,28);1H. The molecule has 2 heterocycles. The zero-order chi connectivity index (χ0) is 20.1. The Hall–Kier alpha value is -2.65. The molecule has 29 heavy (non-hydrogen) atoms. The van der Waals surface area contributed by atoms with E-state index in [9.17, 15) is 14.0 Å². The molecule has 1 fully saturated rings. The average molecular weight is 425 g/mol. The van der Waals surface area contributed by atoms with Crippen LogP contribution in [0, 0.1) is 5.82 Å². The third-order valence-corrected chi connectivity index (χ3v) is 4.84. The summed E-state index contributed by atoms with van der Waals surface area (Å²) in [5.74, 6) is -0.348. The summed E-state index contributed by atoms with van der Waals surface area (Å²) in [5.41, 5.74) is 1.36. The van der Waals surface area contributed by atoms with Crippen LogP contribution < -0.4 is 16.0 Å². The monoisotopic (exact) mass is 424 g/mol. The van der Waals surface area contributed by atoms with E-state index in [1.54, 1.807) is 17.9 Å². The van der Waals surface area contributed by atoms with E-state index in [1.165, 1.54) is 24.3 Å². The maximum Gasteiger partial charge on any atom is 0.319 e. The van der Waals surface area contributed by atoms with E-state index in [1.807, 2.05) is 18.1 Å². The topological polar surface area (TPSA) is 91.3 Å². The molecule has 10 heteroatoms. The van der Waals surface area contributed by atoms with Crippen molar-refractivity contribution in [3.8, 4) is 0 Å². The molecule has 1 aliphatic heterocycles. The first-order valence-electron chi connectivity index (χ1n) is 9.24. The van der Waals surface area contributed by atoms with Gasteiger partial charge in [0.15, 0.2) is 0 Å². The molecule has 3 amide bonds. The van der Waals surface area contributed by atoms with Gasteiger partial charge in [-0.15, -0.1) is 12.4 Å². The number of piperidine rings is 1. The lowest BCUT2D eigenvalue weighted by molar-refractivity contribution is -0.134. The number of likely N-dealkylation sites (N-methyl/N-ethyl adjacent to an activating group) is 1. The van der Waals surface area contributed by atoms with Crippen molar-refractivity contribution < 1.29 is 14.0 Å². The van der Waals surface area contributed by atoms with E-state index in [0.29, 0.717) is 31.6 Å². The van der Waals surface area contributed by atoms with Crippen molar-refractivity contribution in [2.24, 2.45) is 7.05 Å². The molecule has 0 bridgehead atoms. The van der Waals surface area contributed by atoms with Crippen molar-refractivity contribution >= 4 is 30.0 Å². The van der Waals surface area contributed by atoms with Gasteiger partial charge in [-0.3, -0.25) is 9.48 Å². The molecule has 1 aromatic heterocycles. The summed E-state index contributed by atoms with van der Waals surface area (Å²) in [6.07, 6.45) is 4.86. The summed E-state index contributed by atoms with van der Waals surface area (Å²) < 4.78 is 14.6. The van der Waals surface area contributed by atoms with Gasteiger partial charge in [0.25, 0.3) is 0 Å². The van der Waals surface area contributed by atoms with Gasteiger partial charge in [0.05, 0.1) is 6.20 Å². The van der Waals surface area contributed by atoms with Gasteiger partial charge in [-0.05, 0) is 44.2 Å². The van der Waals surface area contributed by atoms with E-state index in [2.05, 4.69) is 21.0 Å². The van der Waals surface area contributed by atoms with E-state index < -0.39 is 6.04 Å². The minimum atomic E-state index is -0.431. The van der Waals surface area contributed by atoms with Crippen LogP contribution in [0.4, 0.5) is 14.9 Å². The van der Waals surface area contributed by atoms with Gasteiger partial charge in [0.2, 0.25) is 5.91 Å². The average Bonchev–Trinajstić information content (AvgIpc) is 3.10. The Labute approximate surface area is 175 Å². The number of nitrogens with zero attached hydrogens (tertiary/aromatic N) is 3. The van der Waals surface area contributed by atoms with E-state index in [-0.39, 0.29) is 36.2 Å². The predicted octanol–water partition coefficient (Wildman–Crippen LogP) is 2.05. The van der Waals surface area contributed by atoms with Crippen molar-refractivity contribution in [3.05, 3.63) is 48.0 Å². The fourth-order valence-electron chi connectivity index (χ4n) is 3.33.